The Morgan fingerprint density at radius 3 is 2.40 bits per heavy atom. The Morgan fingerprint density at radius 1 is 1.20 bits per heavy atom. The minimum absolute atomic E-state index is 0.143. The number of hydrogen-bond acceptors (Lipinski definition) is 3. The second-order valence-electron chi connectivity index (χ2n) is 4.63. The van der Waals surface area contributed by atoms with Crippen LogP contribution in [0.25, 0.3) is 0 Å². The van der Waals surface area contributed by atoms with E-state index in [9.17, 15) is 14.7 Å². The van der Waals surface area contributed by atoms with Gasteiger partial charge in [0.05, 0.1) is 11.6 Å². The molecule has 1 unspecified atom stereocenters. The zero-order valence-corrected chi connectivity index (χ0v) is 11.3. The van der Waals surface area contributed by atoms with Gasteiger partial charge in [-0.05, 0) is 30.7 Å². The van der Waals surface area contributed by atoms with Crippen LogP contribution in [-0.2, 0) is 0 Å². The average Bonchev–Trinajstić information content (AvgIpc) is 2.46. The van der Waals surface area contributed by atoms with Crippen LogP contribution in [0, 0.1) is 0 Å². The van der Waals surface area contributed by atoms with E-state index in [4.69, 9.17) is 0 Å². The Hall–Kier alpha value is -2.56. The summed E-state index contributed by atoms with van der Waals surface area (Å²) in [6, 6.07) is 9.41. The maximum absolute atomic E-state index is 12.3. The number of rotatable bonds is 3. The Balaban J connectivity index is 2.19. The van der Waals surface area contributed by atoms with Crippen molar-refractivity contribution in [3.63, 3.8) is 0 Å². The molecule has 0 aliphatic carbocycles. The van der Waals surface area contributed by atoms with Crippen molar-refractivity contribution in [1.82, 2.24) is 9.88 Å². The molecule has 1 heterocycles. The Labute approximate surface area is 116 Å². The fourth-order valence-corrected chi connectivity index (χ4v) is 1.90. The van der Waals surface area contributed by atoms with Crippen LogP contribution in [0.4, 0.5) is 0 Å². The minimum atomic E-state index is -0.240. The first-order valence-electron chi connectivity index (χ1n) is 6.24. The number of carbonyl (C=O) groups excluding carboxylic acids is 1. The largest absolute Gasteiger partial charge is 0.508 e. The number of phenolic OH excluding ortho intramolecular Hbond substituents is 1. The molecule has 104 valence electrons. The van der Waals surface area contributed by atoms with Crippen LogP contribution >= 0.6 is 0 Å². The third-order valence-electron chi connectivity index (χ3n) is 3.31. The van der Waals surface area contributed by atoms with Crippen LogP contribution < -0.4 is 5.56 Å². The molecule has 2 N–H and O–H groups in total. The van der Waals surface area contributed by atoms with Gasteiger partial charge in [0.1, 0.15) is 5.75 Å². The van der Waals surface area contributed by atoms with E-state index < -0.39 is 0 Å². The Kier molecular flexibility index (Phi) is 3.89. The summed E-state index contributed by atoms with van der Waals surface area (Å²) in [6.45, 7) is 1.90. The number of nitrogens with one attached hydrogen (secondary N) is 1. The summed E-state index contributed by atoms with van der Waals surface area (Å²) in [5.74, 6) is 0.0115. The van der Waals surface area contributed by atoms with Crippen LogP contribution in [-0.4, -0.2) is 27.9 Å². The highest BCUT2D eigenvalue weighted by Crippen LogP contribution is 2.22. The van der Waals surface area contributed by atoms with Crippen molar-refractivity contribution in [2.24, 2.45) is 0 Å². The van der Waals surface area contributed by atoms with Crippen LogP contribution in [0.2, 0.25) is 0 Å². The van der Waals surface area contributed by atoms with Gasteiger partial charge in [0.15, 0.2) is 0 Å². The van der Waals surface area contributed by atoms with Gasteiger partial charge in [0, 0.05) is 19.3 Å². The van der Waals surface area contributed by atoms with E-state index in [0.29, 0.717) is 5.56 Å². The molecule has 1 amide bonds. The lowest BCUT2D eigenvalue weighted by molar-refractivity contribution is 0.0742. The molecular formula is C15H16N2O3. The van der Waals surface area contributed by atoms with Gasteiger partial charge in [-0.15, -0.1) is 0 Å². The zero-order chi connectivity index (χ0) is 14.7. The van der Waals surface area contributed by atoms with Gasteiger partial charge >= 0.3 is 0 Å². The molecule has 5 heteroatoms. The highest BCUT2D eigenvalue weighted by Gasteiger charge is 2.18. The van der Waals surface area contributed by atoms with Crippen LogP contribution in [0.3, 0.4) is 0 Å². The summed E-state index contributed by atoms with van der Waals surface area (Å²) >= 11 is 0. The minimum Gasteiger partial charge on any atom is -0.508 e. The molecule has 0 spiro atoms. The molecule has 2 aromatic rings. The third-order valence-corrected chi connectivity index (χ3v) is 3.31. The van der Waals surface area contributed by atoms with Crippen molar-refractivity contribution in [1.29, 1.82) is 0 Å². The second-order valence-corrected chi connectivity index (χ2v) is 4.63. The van der Waals surface area contributed by atoms with Gasteiger partial charge in [-0.1, -0.05) is 12.1 Å². The SMILES string of the molecule is CC(c1ccc(O)cc1)N(C)C(=O)c1ccc(=O)[nH]c1. The molecule has 1 aromatic carbocycles. The van der Waals surface area contributed by atoms with Crippen LogP contribution in [0.1, 0.15) is 28.9 Å². The molecule has 1 aromatic heterocycles. The highest BCUT2D eigenvalue weighted by atomic mass is 16.3. The monoisotopic (exact) mass is 272 g/mol. The van der Waals surface area contributed by atoms with Gasteiger partial charge in [-0.2, -0.15) is 0 Å². The number of amides is 1. The summed E-state index contributed by atoms with van der Waals surface area (Å²) in [7, 11) is 1.70. The standard InChI is InChI=1S/C15H16N2O3/c1-10(11-3-6-13(18)7-4-11)17(2)15(20)12-5-8-14(19)16-9-12/h3-10,18H,1-2H3,(H,16,19). The molecule has 5 nitrogen and oxygen atoms in total. The van der Waals surface area contributed by atoms with E-state index in [1.807, 2.05) is 6.92 Å². The summed E-state index contributed by atoms with van der Waals surface area (Å²) in [5.41, 5.74) is 1.11. The van der Waals surface area contributed by atoms with Crippen molar-refractivity contribution >= 4 is 5.91 Å². The summed E-state index contributed by atoms with van der Waals surface area (Å²) in [4.78, 5) is 27.4. The van der Waals surface area contributed by atoms with Crippen molar-refractivity contribution in [2.75, 3.05) is 7.05 Å². The molecule has 2 rings (SSSR count). The zero-order valence-electron chi connectivity index (χ0n) is 11.3. The highest BCUT2D eigenvalue weighted by molar-refractivity contribution is 5.93. The van der Waals surface area contributed by atoms with E-state index >= 15 is 0 Å². The maximum Gasteiger partial charge on any atom is 0.255 e. The molecule has 0 aliphatic rings. The summed E-state index contributed by atoms with van der Waals surface area (Å²) < 4.78 is 0. The number of carbonyl (C=O) groups is 1. The number of aromatic amines is 1. The van der Waals surface area contributed by atoms with Crippen molar-refractivity contribution in [3.8, 4) is 5.75 Å². The number of aromatic hydroxyl groups is 1. The molecule has 0 saturated heterocycles. The number of phenols is 1. The lowest BCUT2D eigenvalue weighted by Gasteiger charge is -2.25. The number of aromatic nitrogens is 1. The molecule has 20 heavy (non-hydrogen) atoms. The number of nitrogens with zero attached hydrogens (tertiary/aromatic N) is 1. The first-order valence-corrected chi connectivity index (χ1v) is 6.24. The normalized spacial score (nSPS) is 11.9. The lowest BCUT2D eigenvalue weighted by Crippen LogP contribution is -2.30. The molecule has 0 radical (unpaired) electrons. The molecule has 1 atom stereocenters. The van der Waals surface area contributed by atoms with E-state index in [-0.39, 0.29) is 23.3 Å². The Morgan fingerprint density at radius 2 is 1.85 bits per heavy atom. The van der Waals surface area contributed by atoms with E-state index in [1.165, 1.54) is 18.3 Å². The van der Waals surface area contributed by atoms with Crippen LogP contribution in [0.15, 0.2) is 47.4 Å². The molecule has 0 aliphatic heterocycles. The van der Waals surface area contributed by atoms with Gasteiger partial charge in [-0.25, -0.2) is 0 Å². The number of benzene rings is 1. The second kappa shape index (κ2) is 5.61. The summed E-state index contributed by atoms with van der Waals surface area (Å²) in [5, 5.41) is 9.28. The van der Waals surface area contributed by atoms with Crippen molar-refractivity contribution in [3.05, 3.63) is 64.1 Å². The van der Waals surface area contributed by atoms with E-state index in [0.717, 1.165) is 5.56 Å². The number of hydrogen-bond donors (Lipinski definition) is 2. The maximum atomic E-state index is 12.3. The first-order chi connectivity index (χ1) is 9.49. The van der Waals surface area contributed by atoms with Gasteiger partial charge < -0.3 is 15.0 Å². The van der Waals surface area contributed by atoms with E-state index in [1.54, 1.807) is 36.2 Å². The Bertz CT molecular complexity index is 641. The van der Waals surface area contributed by atoms with Gasteiger partial charge in [0.25, 0.3) is 5.91 Å². The first kappa shape index (κ1) is 13.9. The lowest BCUT2D eigenvalue weighted by atomic mass is 10.1. The molecule has 0 bridgehead atoms. The molecule has 0 saturated carbocycles. The van der Waals surface area contributed by atoms with Crippen molar-refractivity contribution in [2.45, 2.75) is 13.0 Å². The molecular weight excluding hydrogens is 256 g/mol. The predicted molar refractivity (Wildman–Crippen MR) is 75.7 cm³/mol. The van der Waals surface area contributed by atoms with Gasteiger partial charge in [-0.3, -0.25) is 9.59 Å². The van der Waals surface area contributed by atoms with Gasteiger partial charge in [0.2, 0.25) is 5.56 Å². The number of H-pyrrole nitrogens is 1. The number of pyridine rings is 1. The van der Waals surface area contributed by atoms with Crippen LogP contribution in [0.5, 0.6) is 5.75 Å². The average molecular weight is 272 g/mol. The predicted octanol–water partition coefficient (Wildman–Crippen LogP) is 1.91. The summed E-state index contributed by atoms with van der Waals surface area (Å²) in [6.07, 6.45) is 1.41. The smallest absolute Gasteiger partial charge is 0.255 e. The van der Waals surface area contributed by atoms with Crippen molar-refractivity contribution < 1.29 is 9.90 Å². The fourth-order valence-electron chi connectivity index (χ4n) is 1.90. The quantitative estimate of drug-likeness (QED) is 0.896. The molecule has 0 fully saturated rings. The topological polar surface area (TPSA) is 73.4 Å². The van der Waals surface area contributed by atoms with E-state index in [2.05, 4.69) is 4.98 Å². The fraction of sp³-hybridized carbons (Fsp3) is 0.200. The third kappa shape index (κ3) is 2.88.